The molecule has 6 rings (SSSR count). The molecule has 0 radical (unpaired) electrons. The summed E-state index contributed by atoms with van der Waals surface area (Å²) in [5, 5.41) is 0. The Balaban J connectivity index is 1.83. The van der Waals surface area contributed by atoms with Crippen LogP contribution >= 0.6 is 0 Å². The lowest BCUT2D eigenvalue weighted by Gasteiger charge is -2.48. The Labute approximate surface area is 236 Å². The van der Waals surface area contributed by atoms with Gasteiger partial charge in [-0.05, 0) is 45.4 Å². The number of allylic oxidation sites excluding steroid dienone is 1. The Bertz CT molecular complexity index is 1590. The van der Waals surface area contributed by atoms with Gasteiger partial charge in [-0.15, -0.1) is 0 Å². The van der Waals surface area contributed by atoms with Crippen molar-refractivity contribution in [2.45, 2.75) is 23.7 Å². The Morgan fingerprint density at radius 3 is 1.57 bits per heavy atom. The number of benzene rings is 5. The molecule has 196 valence electrons. The first kappa shape index (κ1) is 25.6. The predicted octanol–water partition coefficient (Wildman–Crippen LogP) is 8.68. The highest BCUT2D eigenvalue weighted by Crippen LogP contribution is 2.61. The molecule has 1 aliphatic carbocycles. The van der Waals surface area contributed by atoms with Crippen molar-refractivity contribution in [1.82, 2.24) is 0 Å². The zero-order chi connectivity index (χ0) is 27.4. The molecule has 0 saturated heterocycles. The van der Waals surface area contributed by atoms with E-state index in [0.29, 0.717) is 0 Å². The van der Waals surface area contributed by atoms with Gasteiger partial charge in [-0.2, -0.15) is 0 Å². The molecule has 0 bridgehead atoms. The zero-order valence-corrected chi connectivity index (χ0v) is 22.6. The molecule has 0 aromatic heterocycles. The number of hydrogen-bond donors (Lipinski definition) is 0. The Kier molecular flexibility index (Phi) is 7.16. The van der Waals surface area contributed by atoms with Gasteiger partial charge in [0.25, 0.3) is 0 Å². The van der Waals surface area contributed by atoms with E-state index in [4.69, 9.17) is 4.74 Å². The molecule has 5 aromatic rings. The minimum Gasteiger partial charge on any atom is -0.468 e. The molecule has 0 amide bonds. The molecule has 0 spiro atoms. The maximum Gasteiger partial charge on any atom is 0.321 e. The fourth-order valence-corrected chi connectivity index (χ4v) is 6.67. The van der Waals surface area contributed by atoms with Gasteiger partial charge in [0, 0.05) is 11.8 Å². The maximum absolute atomic E-state index is 14.6. The van der Waals surface area contributed by atoms with Crippen LogP contribution in [0, 0.1) is 0 Å². The summed E-state index contributed by atoms with van der Waals surface area (Å²) in [6, 6.07) is 52.4. The number of rotatable bonds is 6. The van der Waals surface area contributed by atoms with Crippen LogP contribution in [0.4, 0.5) is 0 Å². The predicted molar refractivity (Wildman–Crippen MR) is 163 cm³/mol. The Morgan fingerprint density at radius 1 is 0.600 bits per heavy atom. The van der Waals surface area contributed by atoms with Gasteiger partial charge < -0.3 is 4.74 Å². The first-order valence-electron chi connectivity index (χ1n) is 13.8. The van der Waals surface area contributed by atoms with E-state index in [9.17, 15) is 4.79 Å². The van der Waals surface area contributed by atoms with Crippen LogP contribution in [0.5, 0.6) is 0 Å². The number of carbonyl (C=O) groups excluding carboxylic acids is 1. The van der Waals surface area contributed by atoms with Crippen LogP contribution in [-0.4, -0.2) is 13.1 Å². The third-order valence-electron chi connectivity index (χ3n) is 8.29. The third-order valence-corrected chi connectivity index (χ3v) is 8.29. The SMILES string of the molecule is COC(=O)[C@]1(c2ccccc2)C(c2ccccc2)=C(c2ccccc2)[C@@H](c2ccccc2)C[C@@H]1c1ccccc1. The van der Waals surface area contributed by atoms with Gasteiger partial charge in [-0.3, -0.25) is 4.79 Å². The Hall–Kier alpha value is -4.69. The van der Waals surface area contributed by atoms with Crippen LogP contribution in [0.15, 0.2) is 152 Å². The van der Waals surface area contributed by atoms with Gasteiger partial charge in [0.15, 0.2) is 0 Å². The van der Waals surface area contributed by atoms with Gasteiger partial charge in [-0.25, -0.2) is 0 Å². The van der Waals surface area contributed by atoms with Crippen molar-refractivity contribution in [3.8, 4) is 0 Å². The highest BCUT2D eigenvalue weighted by Gasteiger charge is 2.57. The van der Waals surface area contributed by atoms with Crippen LogP contribution in [0.3, 0.4) is 0 Å². The fourth-order valence-electron chi connectivity index (χ4n) is 6.67. The summed E-state index contributed by atoms with van der Waals surface area (Å²) in [4.78, 5) is 14.6. The Morgan fingerprint density at radius 2 is 1.05 bits per heavy atom. The monoisotopic (exact) mass is 520 g/mol. The number of ether oxygens (including phenoxy) is 1. The van der Waals surface area contributed by atoms with Crippen molar-refractivity contribution in [2.24, 2.45) is 0 Å². The van der Waals surface area contributed by atoms with Crippen LogP contribution in [0.2, 0.25) is 0 Å². The van der Waals surface area contributed by atoms with Crippen molar-refractivity contribution in [3.63, 3.8) is 0 Å². The first-order chi connectivity index (χ1) is 19.7. The average Bonchev–Trinajstić information content (AvgIpc) is 3.05. The minimum atomic E-state index is -1.07. The third kappa shape index (κ3) is 4.36. The standard InChI is InChI=1S/C38H32O2/c1-40-37(39)38(32-25-15-6-16-26-32)34(29-19-9-3-10-20-29)27-33(28-17-7-2-8-18-28)35(30-21-11-4-12-22-30)36(38)31-23-13-5-14-24-31/h2-26,33-34H,27H2,1H3/t33-,34-,38+/m1/s1. The second-order valence-electron chi connectivity index (χ2n) is 10.3. The summed E-state index contributed by atoms with van der Waals surface area (Å²) in [7, 11) is 1.52. The minimum absolute atomic E-state index is 0.0607. The van der Waals surface area contributed by atoms with Gasteiger partial charge >= 0.3 is 5.97 Å². The van der Waals surface area contributed by atoms with Crippen molar-refractivity contribution in [2.75, 3.05) is 7.11 Å². The molecule has 0 aliphatic heterocycles. The first-order valence-corrected chi connectivity index (χ1v) is 13.8. The molecular formula is C38H32O2. The number of carbonyl (C=O) groups is 1. The van der Waals surface area contributed by atoms with Crippen LogP contribution in [0.1, 0.15) is 46.1 Å². The lowest BCUT2D eigenvalue weighted by atomic mass is 9.53. The lowest BCUT2D eigenvalue weighted by molar-refractivity contribution is -0.146. The number of hydrogen-bond acceptors (Lipinski definition) is 2. The van der Waals surface area contributed by atoms with Gasteiger partial charge in [0.2, 0.25) is 0 Å². The second kappa shape index (κ2) is 11.2. The van der Waals surface area contributed by atoms with Crippen molar-refractivity contribution in [3.05, 3.63) is 179 Å². The second-order valence-corrected chi connectivity index (χ2v) is 10.3. The van der Waals surface area contributed by atoms with E-state index in [1.165, 1.54) is 18.2 Å². The van der Waals surface area contributed by atoms with E-state index in [1.807, 2.05) is 36.4 Å². The number of esters is 1. The molecule has 0 saturated carbocycles. The molecule has 40 heavy (non-hydrogen) atoms. The van der Waals surface area contributed by atoms with E-state index >= 15 is 0 Å². The average molecular weight is 521 g/mol. The molecule has 0 fully saturated rings. The summed E-state index contributed by atoms with van der Waals surface area (Å²) in [6.07, 6.45) is 0.749. The molecule has 3 atom stereocenters. The zero-order valence-electron chi connectivity index (χ0n) is 22.6. The van der Waals surface area contributed by atoms with E-state index in [2.05, 4.69) is 115 Å². The molecule has 2 nitrogen and oxygen atoms in total. The van der Waals surface area contributed by atoms with Crippen molar-refractivity contribution >= 4 is 17.1 Å². The van der Waals surface area contributed by atoms with Crippen LogP contribution < -0.4 is 0 Å². The van der Waals surface area contributed by atoms with Crippen molar-refractivity contribution < 1.29 is 9.53 Å². The largest absolute Gasteiger partial charge is 0.468 e. The van der Waals surface area contributed by atoms with E-state index < -0.39 is 5.41 Å². The summed E-state index contributed by atoms with van der Waals surface area (Å²) in [6.45, 7) is 0. The summed E-state index contributed by atoms with van der Waals surface area (Å²) in [5.41, 5.74) is 6.54. The van der Waals surface area contributed by atoms with Crippen LogP contribution in [0.25, 0.3) is 11.1 Å². The topological polar surface area (TPSA) is 26.3 Å². The van der Waals surface area contributed by atoms with Crippen molar-refractivity contribution in [1.29, 1.82) is 0 Å². The summed E-state index contributed by atoms with van der Waals surface area (Å²) >= 11 is 0. The molecule has 1 aliphatic rings. The summed E-state index contributed by atoms with van der Waals surface area (Å²) in [5.74, 6) is -0.353. The highest BCUT2D eigenvalue weighted by atomic mass is 16.5. The smallest absolute Gasteiger partial charge is 0.321 e. The van der Waals surface area contributed by atoms with Crippen LogP contribution in [-0.2, 0) is 14.9 Å². The fraction of sp³-hybridized carbons (Fsp3) is 0.132. The molecule has 0 N–H and O–H groups in total. The normalized spacial score (nSPS) is 20.6. The molecular weight excluding hydrogens is 488 g/mol. The molecule has 5 aromatic carbocycles. The molecule has 2 heteroatoms. The molecule has 0 unspecified atom stereocenters. The van der Waals surface area contributed by atoms with E-state index in [1.54, 1.807) is 0 Å². The highest BCUT2D eigenvalue weighted by molar-refractivity contribution is 6.10. The summed E-state index contributed by atoms with van der Waals surface area (Å²) < 4.78 is 5.80. The number of methoxy groups -OCH3 is 1. The van der Waals surface area contributed by atoms with Gasteiger partial charge in [0.1, 0.15) is 5.41 Å². The van der Waals surface area contributed by atoms with Gasteiger partial charge in [0.05, 0.1) is 7.11 Å². The van der Waals surface area contributed by atoms with E-state index in [-0.39, 0.29) is 17.8 Å². The quantitative estimate of drug-likeness (QED) is 0.209. The molecule has 0 heterocycles. The van der Waals surface area contributed by atoms with Gasteiger partial charge in [-0.1, -0.05) is 152 Å². The van der Waals surface area contributed by atoms with E-state index in [0.717, 1.165) is 34.2 Å². The maximum atomic E-state index is 14.6. The lowest BCUT2D eigenvalue weighted by Crippen LogP contribution is -2.47.